The molecule has 1 aliphatic heterocycles. The minimum atomic E-state index is -0.612. The summed E-state index contributed by atoms with van der Waals surface area (Å²) < 4.78 is 9.60. The zero-order valence-electron chi connectivity index (χ0n) is 7.08. The molecule has 1 unspecified atom stereocenters. The predicted molar refractivity (Wildman–Crippen MR) is 43.5 cm³/mol. The topological polar surface area (TPSA) is 61.5 Å². The molecule has 68 valence electrons. The Morgan fingerprint density at radius 1 is 1.83 bits per heavy atom. The number of hydrogen-bond acceptors (Lipinski definition) is 4. The van der Waals surface area contributed by atoms with Crippen LogP contribution in [0.25, 0.3) is 0 Å². The Morgan fingerprint density at radius 3 is 3.08 bits per heavy atom. The first-order chi connectivity index (χ1) is 5.75. The summed E-state index contributed by atoms with van der Waals surface area (Å²) >= 11 is 0. The Balaban J connectivity index is 2.56. The smallest absolute Gasteiger partial charge is 0.326 e. The van der Waals surface area contributed by atoms with Gasteiger partial charge >= 0.3 is 5.97 Å². The van der Waals surface area contributed by atoms with Gasteiger partial charge in [-0.15, -0.1) is 0 Å². The van der Waals surface area contributed by atoms with Crippen molar-refractivity contribution < 1.29 is 14.3 Å². The van der Waals surface area contributed by atoms with Gasteiger partial charge in [0.15, 0.2) is 0 Å². The first-order valence-electron chi connectivity index (χ1n) is 3.86. The van der Waals surface area contributed by atoms with Crippen molar-refractivity contribution in [2.75, 3.05) is 20.3 Å². The monoisotopic (exact) mass is 171 g/mol. The molecule has 0 saturated heterocycles. The molecule has 0 aromatic rings. The zero-order valence-corrected chi connectivity index (χ0v) is 7.08. The lowest BCUT2D eigenvalue weighted by atomic mass is 10.0. The van der Waals surface area contributed by atoms with Crippen LogP contribution in [-0.4, -0.2) is 32.3 Å². The quantitative estimate of drug-likeness (QED) is 0.463. The normalized spacial score (nSPS) is 19.7. The van der Waals surface area contributed by atoms with Gasteiger partial charge < -0.3 is 15.2 Å². The van der Waals surface area contributed by atoms with Crippen LogP contribution in [0.4, 0.5) is 0 Å². The third-order valence-corrected chi connectivity index (χ3v) is 1.85. The van der Waals surface area contributed by atoms with E-state index in [1.54, 1.807) is 0 Å². The third kappa shape index (κ3) is 2.06. The molecule has 2 N–H and O–H groups in total. The first-order valence-corrected chi connectivity index (χ1v) is 3.86. The van der Waals surface area contributed by atoms with Crippen molar-refractivity contribution >= 4 is 5.97 Å². The number of rotatable bonds is 2. The van der Waals surface area contributed by atoms with Gasteiger partial charge in [-0.3, -0.25) is 4.79 Å². The standard InChI is InChI=1S/C8H13NO3/c1-11-8(10)7(9)6-2-4-12-5-3-6/h2,7H,3-5,9H2,1H3. The number of nitrogens with two attached hydrogens (primary N) is 1. The number of carbonyl (C=O) groups is 1. The van der Waals surface area contributed by atoms with E-state index in [9.17, 15) is 4.79 Å². The van der Waals surface area contributed by atoms with Crippen LogP contribution in [0.3, 0.4) is 0 Å². The van der Waals surface area contributed by atoms with Crippen molar-refractivity contribution in [2.45, 2.75) is 12.5 Å². The maximum atomic E-state index is 11.0. The summed E-state index contributed by atoms with van der Waals surface area (Å²) in [5, 5.41) is 0. The Morgan fingerprint density at radius 2 is 2.58 bits per heavy atom. The Bertz CT molecular complexity index is 200. The number of carbonyl (C=O) groups excluding carboxylic acids is 1. The summed E-state index contributed by atoms with van der Waals surface area (Å²) in [6, 6.07) is -0.612. The van der Waals surface area contributed by atoms with E-state index in [-0.39, 0.29) is 5.97 Å². The van der Waals surface area contributed by atoms with Gasteiger partial charge in [-0.2, -0.15) is 0 Å². The van der Waals surface area contributed by atoms with E-state index in [2.05, 4.69) is 4.74 Å². The van der Waals surface area contributed by atoms with Gasteiger partial charge in [0.1, 0.15) is 6.04 Å². The molecule has 0 fully saturated rings. The average molecular weight is 171 g/mol. The summed E-state index contributed by atoms with van der Waals surface area (Å²) in [6.07, 6.45) is 2.56. The number of methoxy groups -OCH3 is 1. The fourth-order valence-electron chi connectivity index (χ4n) is 1.10. The van der Waals surface area contributed by atoms with Crippen molar-refractivity contribution in [1.29, 1.82) is 0 Å². The summed E-state index contributed by atoms with van der Waals surface area (Å²) in [5.41, 5.74) is 6.51. The molecule has 0 spiro atoms. The number of esters is 1. The van der Waals surface area contributed by atoms with E-state index in [0.29, 0.717) is 13.2 Å². The maximum absolute atomic E-state index is 11.0. The van der Waals surface area contributed by atoms with E-state index in [1.807, 2.05) is 6.08 Å². The molecular formula is C8H13NO3. The highest BCUT2D eigenvalue weighted by atomic mass is 16.5. The molecule has 1 rings (SSSR count). The lowest BCUT2D eigenvalue weighted by Crippen LogP contribution is -2.35. The fourth-order valence-corrected chi connectivity index (χ4v) is 1.10. The maximum Gasteiger partial charge on any atom is 0.326 e. The average Bonchev–Trinajstić information content (AvgIpc) is 2.17. The fraction of sp³-hybridized carbons (Fsp3) is 0.625. The second-order valence-electron chi connectivity index (χ2n) is 2.60. The predicted octanol–water partition coefficient (Wildman–Crippen LogP) is -0.167. The van der Waals surface area contributed by atoms with Gasteiger partial charge in [-0.25, -0.2) is 0 Å². The zero-order chi connectivity index (χ0) is 8.97. The van der Waals surface area contributed by atoms with Gasteiger partial charge in [0.05, 0.1) is 20.3 Å². The highest BCUT2D eigenvalue weighted by Crippen LogP contribution is 2.11. The number of hydrogen-bond donors (Lipinski definition) is 1. The summed E-state index contributed by atoms with van der Waals surface area (Å²) in [7, 11) is 1.34. The Kier molecular flexibility index (Phi) is 3.25. The van der Waals surface area contributed by atoms with E-state index in [4.69, 9.17) is 10.5 Å². The van der Waals surface area contributed by atoms with E-state index in [1.165, 1.54) is 7.11 Å². The van der Waals surface area contributed by atoms with Crippen LogP contribution in [0.15, 0.2) is 11.6 Å². The molecule has 0 amide bonds. The molecule has 12 heavy (non-hydrogen) atoms. The molecule has 0 aliphatic carbocycles. The van der Waals surface area contributed by atoms with Gasteiger partial charge in [-0.05, 0) is 12.0 Å². The van der Waals surface area contributed by atoms with Gasteiger partial charge in [-0.1, -0.05) is 6.08 Å². The number of ether oxygens (including phenoxy) is 2. The molecule has 0 bridgehead atoms. The SMILES string of the molecule is COC(=O)C(N)C1=CCOCC1. The van der Waals surface area contributed by atoms with E-state index in [0.717, 1.165) is 12.0 Å². The summed E-state index contributed by atoms with van der Waals surface area (Å²) in [4.78, 5) is 11.0. The van der Waals surface area contributed by atoms with Crippen molar-refractivity contribution in [3.8, 4) is 0 Å². The second kappa shape index (κ2) is 4.23. The Hall–Kier alpha value is -0.870. The molecule has 1 atom stereocenters. The van der Waals surface area contributed by atoms with Crippen LogP contribution in [0, 0.1) is 0 Å². The molecule has 1 aliphatic rings. The van der Waals surface area contributed by atoms with Crippen LogP contribution in [0.1, 0.15) is 6.42 Å². The van der Waals surface area contributed by atoms with Crippen LogP contribution in [0.2, 0.25) is 0 Å². The van der Waals surface area contributed by atoms with Crippen molar-refractivity contribution in [3.05, 3.63) is 11.6 Å². The van der Waals surface area contributed by atoms with Crippen LogP contribution >= 0.6 is 0 Å². The molecule has 0 saturated carbocycles. The highest BCUT2D eigenvalue weighted by molar-refractivity contribution is 5.79. The lowest BCUT2D eigenvalue weighted by Gasteiger charge is -2.17. The van der Waals surface area contributed by atoms with Gasteiger partial charge in [0.25, 0.3) is 0 Å². The van der Waals surface area contributed by atoms with E-state index >= 15 is 0 Å². The molecule has 0 aromatic carbocycles. The third-order valence-electron chi connectivity index (χ3n) is 1.85. The van der Waals surface area contributed by atoms with Crippen LogP contribution in [0.5, 0.6) is 0 Å². The molecule has 4 nitrogen and oxygen atoms in total. The molecule has 1 heterocycles. The highest BCUT2D eigenvalue weighted by Gasteiger charge is 2.19. The van der Waals surface area contributed by atoms with Gasteiger partial charge in [0, 0.05) is 0 Å². The summed E-state index contributed by atoms with van der Waals surface area (Å²) in [6.45, 7) is 1.18. The molecule has 4 heteroatoms. The molecule has 0 aromatic heterocycles. The Labute approximate surface area is 71.3 Å². The largest absolute Gasteiger partial charge is 0.468 e. The van der Waals surface area contributed by atoms with Gasteiger partial charge in [0.2, 0.25) is 0 Å². The second-order valence-corrected chi connectivity index (χ2v) is 2.60. The van der Waals surface area contributed by atoms with Crippen molar-refractivity contribution in [1.82, 2.24) is 0 Å². The minimum Gasteiger partial charge on any atom is -0.468 e. The van der Waals surface area contributed by atoms with Crippen LogP contribution < -0.4 is 5.73 Å². The lowest BCUT2D eigenvalue weighted by molar-refractivity contribution is -0.141. The minimum absolute atomic E-state index is 0.386. The summed E-state index contributed by atoms with van der Waals surface area (Å²) in [5.74, 6) is -0.386. The first kappa shape index (κ1) is 9.22. The van der Waals surface area contributed by atoms with E-state index < -0.39 is 6.04 Å². The molecular weight excluding hydrogens is 158 g/mol. The van der Waals surface area contributed by atoms with Crippen molar-refractivity contribution in [2.24, 2.45) is 5.73 Å². The van der Waals surface area contributed by atoms with Crippen LogP contribution in [-0.2, 0) is 14.3 Å². The molecule has 0 radical (unpaired) electrons. The van der Waals surface area contributed by atoms with Crippen molar-refractivity contribution in [3.63, 3.8) is 0 Å².